The lowest BCUT2D eigenvalue weighted by atomic mass is 9.99. The number of hydrogen-bond donors (Lipinski definition) is 3. The number of aliphatic carboxylic acids is 1. The van der Waals surface area contributed by atoms with Crippen LogP contribution < -0.4 is 15.4 Å². The maximum Gasteiger partial charge on any atom is 0.320 e. The Hall–Kier alpha value is -2.08. The van der Waals surface area contributed by atoms with Gasteiger partial charge in [-0.3, -0.25) is 14.9 Å². The van der Waals surface area contributed by atoms with Gasteiger partial charge in [-0.25, -0.2) is 0 Å². The van der Waals surface area contributed by atoms with Crippen molar-refractivity contribution in [2.45, 2.75) is 26.3 Å². The standard InChI is InChI=1S/C16H24N2O4/c1-3-12(2)15(16(20)21)18-11-14(19)17-9-10-22-13-7-5-4-6-8-13/h4-8,12,15,18H,3,9-11H2,1-2H3,(H,17,19)(H,20,21). The van der Waals surface area contributed by atoms with E-state index in [1.54, 1.807) is 0 Å². The normalized spacial score (nSPS) is 13.2. The molecule has 0 bridgehead atoms. The molecule has 1 rings (SSSR count). The smallest absolute Gasteiger partial charge is 0.320 e. The van der Waals surface area contributed by atoms with Crippen LogP contribution in [0.25, 0.3) is 0 Å². The van der Waals surface area contributed by atoms with Crippen LogP contribution in [-0.2, 0) is 9.59 Å². The summed E-state index contributed by atoms with van der Waals surface area (Å²) in [5, 5.41) is 14.6. The van der Waals surface area contributed by atoms with Crippen LogP contribution in [0.4, 0.5) is 0 Å². The van der Waals surface area contributed by atoms with Crippen LogP contribution in [0.3, 0.4) is 0 Å². The molecule has 3 N–H and O–H groups in total. The average Bonchev–Trinajstić information content (AvgIpc) is 2.52. The van der Waals surface area contributed by atoms with E-state index in [2.05, 4.69) is 10.6 Å². The van der Waals surface area contributed by atoms with E-state index in [0.29, 0.717) is 13.2 Å². The highest BCUT2D eigenvalue weighted by Gasteiger charge is 2.23. The number of nitrogens with one attached hydrogen (secondary N) is 2. The van der Waals surface area contributed by atoms with Gasteiger partial charge in [0.1, 0.15) is 18.4 Å². The lowest BCUT2D eigenvalue weighted by molar-refractivity contribution is -0.140. The van der Waals surface area contributed by atoms with Crippen molar-refractivity contribution in [3.8, 4) is 5.75 Å². The van der Waals surface area contributed by atoms with Crippen molar-refractivity contribution in [3.63, 3.8) is 0 Å². The van der Waals surface area contributed by atoms with Crippen molar-refractivity contribution < 1.29 is 19.4 Å². The molecule has 0 aliphatic rings. The maximum absolute atomic E-state index is 11.7. The van der Waals surface area contributed by atoms with Gasteiger partial charge in [-0.1, -0.05) is 38.5 Å². The van der Waals surface area contributed by atoms with Crippen molar-refractivity contribution in [3.05, 3.63) is 30.3 Å². The van der Waals surface area contributed by atoms with Gasteiger partial charge in [0, 0.05) is 0 Å². The summed E-state index contributed by atoms with van der Waals surface area (Å²) in [6.07, 6.45) is 0.733. The summed E-state index contributed by atoms with van der Waals surface area (Å²) < 4.78 is 5.45. The molecular formula is C16H24N2O4. The second-order valence-corrected chi connectivity index (χ2v) is 5.09. The van der Waals surface area contributed by atoms with Crippen LogP contribution in [0.2, 0.25) is 0 Å². The third kappa shape index (κ3) is 6.58. The molecule has 0 aliphatic carbocycles. The Morgan fingerprint density at radius 1 is 1.27 bits per heavy atom. The minimum absolute atomic E-state index is 0.0212. The minimum atomic E-state index is -0.936. The van der Waals surface area contributed by atoms with Gasteiger partial charge in [0.25, 0.3) is 0 Å². The first-order valence-electron chi connectivity index (χ1n) is 7.45. The Morgan fingerprint density at radius 2 is 1.95 bits per heavy atom. The van der Waals surface area contributed by atoms with Crippen molar-refractivity contribution in [2.24, 2.45) is 5.92 Å². The lowest BCUT2D eigenvalue weighted by Gasteiger charge is -2.19. The molecule has 0 spiro atoms. The predicted molar refractivity (Wildman–Crippen MR) is 83.8 cm³/mol. The summed E-state index contributed by atoms with van der Waals surface area (Å²) in [5.41, 5.74) is 0. The van der Waals surface area contributed by atoms with E-state index >= 15 is 0 Å². The summed E-state index contributed by atoms with van der Waals surface area (Å²) in [5.74, 6) is -0.468. The van der Waals surface area contributed by atoms with Gasteiger partial charge in [-0.2, -0.15) is 0 Å². The topological polar surface area (TPSA) is 87.7 Å². The fourth-order valence-corrected chi connectivity index (χ4v) is 1.91. The molecular weight excluding hydrogens is 284 g/mol. The van der Waals surface area contributed by atoms with Crippen LogP contribution in [0.5, 0.6) is 5.75 Å². The van der Waals surface area contributed by atoms with Crippen molar-refractivity contribution in [1.82, 2.24) is 10.6 Å². The van der Waals surface area contributed by atoms with E-state index in [9.17, 15) is 9.59 Å². The molecule has 0 fully saturated rings. The second kappa shape index (κ2) is 9.78. The van der Waals surface area contributed by atoms with Crippen LogP contribution in [0.1, 0.15) is 20.3 Å². The van der Waals surface area contributed by atoms with E-state index in [0.717, 1.165) is 12.2 Å². The van der Waals surface area contributed by atoms with Crippen LogP contribution >= 0.6 is 0 Å². The van der Waals surface area contributed by atoms with Gasteiger partial charge >= 0.3 is 5.97 Å². The molecule has 2 unspecified atom stereocenters. The number of rotatable bonds is 10. The first kappa shape index (κ1) is 18.0. The molecule has 6 nitrogen and oxygen atoms in total. The highest BCUT2D eigenvalue weighted by Crippen LogP contribution is 2.08. The Kier molecular flexibility index (Phi) is 7.99. The number of benzene rings is 1. The largest absolute Gasteiger partial charge is 0.492 e. The Labute approximate surface area is 130 Å². The van der Waals surface area contributed by atoms with E-state index < -0.39 is 12.0 Å². The zero-order valence-corrected chi connectivity index (χ0v) is 13.0. The molecule has 1 amide bonds. The van der Waals surface area contributed by atoms with Gasteiger partial charge < -0.3 is 15.2 Å². The number of amides is 1. The molecule has 1 aromatic rings. The molecule has 122 valence electrons. The van der Waals surface area contributed by atoms with Crippen LogP contribution in [0.15, 0.2) is 30.3 Å². The Balaban J connectivity index is 2.21. The van der Waals surface area contributed by atoms with Gasteiger partial charge in [0.2, 0.25) is 5.91 Å². The highest BCUT2D eigenvalue weighted by atomic mass is 16.5. The zero-order valence-electron chi connectivity index (χ0n) is 13.0. The number of hydrogen-bond acceptors (Lipinski definition) is 4. The zero-order chi connectivity index (χ0) is 16.4. The Bertz CT molecular complexity index is 464. The molecule has 0 radical (unpaired) electrons. The van der Waals surface area contributed by atoms with Gasteiger partial charge in [-0.05, 0) is 18.1 Å². The fourth-order valence-electron chi connectivity index (χ4n) is 1.91. The summed E-state index contributed by atoms with van der Waals surface area (Å²) in [6, 6.07) is 8.62. The molecule has 1 aromatic carbocycles. The van der Waals surface area contributed by atoms with E-state index in [-0.39, 0.29) is 18.4 Å². The molecule has 0 aliphatic heterocycles. The number of ether oxygens (including phenoxy) is 1. The third-order valence-electron chi connectivity index (χ3n) is 3.40. The average molecular weight is 308 g/mol. The summed E-state index contributed by atoms with van der Waals surface area (Å²) in [7, 11) is 0. The number of carbonyl (C=O) groups is 2. The summed E-state index contributed by atoms with van der Waals surface area (Å²) in [4.78, 5) is 22.8. The third-order valence-corrected chi connectivity index (χ3v) is 3.40. The molecule has 2 atom stereocenters. The molecule has 0 saturated heterocycles. The number of para-hydroxylation sites is 1. The summed E-state index contributed by atoms with van der Waals surface area (Å²) >= 11 is 0. The Morgan fingerprint density at radius 3 is 2.55 bits per heavy atom. The number of carboxylic acid groups (broad SMARTS) is 1. The quantitative estimate of drug-likeness (QED) is 0.567. The molecule has 22 heavy (non-hydrogen) atoms. The monoisotopic (exact) mass is 308 g/mol. The van der Waals surface area contributed by atoms with Crippen molar-refractivity contribution >= 4 is 11.9 Å². The minimum Gasteiger partial charge on any atom is -0.492 e. The van der Waals surface area contributed by atoms with Gasteiger partial charge in [0.15, 0.2) is 0 Å². The van der Waals surface area contributed by atoms with E-state index in [1.807, 2.05) is 44.2 Å². The predicted octanol–water partition coefficient (Wildman–Crippen LogP) is 1.27. The first-order valence-corrected chi connectivity index (χ1v) is 7.45. The lowest BCUT2D eigenvalue weighted by Crippen LogP contribution is -2.46. The summed E-state index contributed by atoms with van der Waals surface area (Å²) in [6.45, 7) is 4.48. The van der Waals surface area contributed by atoms with Gasteiger partial charge in [0.05, 0.1) is 13.1 Å². The second-order valence-electron chi connectivity index (χ2n) is 5.09. The molecule has 0 heterocycles. The van der Waals surface area contributed by atoms with Crippen LogP contribution in [0, 0.1) is 5.92 Å². The SMILES string of the molecule is CCC(C)C(NCC(=O)NCCOc1ccccc1)C(=O)O. The number of carbonyl (C=O) groups excluding carboxylic acids is 1. The molecule has 0 aromatic heterocycles. The van der Waals surface area contributed by atoms with Gasteiger partial charge in [-0.15, -0.1) is 0 Å². The first-order chi connectivity index (χ1) is 10.5. The van der Waals surface area contributed by atoms with Crippen molar-refractivity contribution in [1.29, 1.82) is 0 Å². The fraction of sp³-hybridized carbons (Fsp3) is 0.500. The van der Waals surface area contributed by atoms with E-state index in [4.69, 9.17) is 9.84 Å². The van der Waals surface area contributed by atoms with Crippen LogP contribution in [-0.4, -0.2) is 42.7 Å². The number of carboxylic acids is 1. The maximum atomic E-state index is 11.7. The van der Waals surface area contributed by atoms with Crippen molar-refractivity contribution in [2.75, 3.05) is 19.7 Å². The highest BCUT2D eigenvalue weighted by molar-refractivity contribution is 5.79. The molecule has 6 heteroatoms. The van der Waals surface area contributed by atoms with E-state index in [1.165, 1.54) is 0 Å². The molecule has 0 saturated carbocycles.